The average molecular weight is 322 g/mol. The van der Waals surface area contributed by atoms with Crippen molar-refractivity contribution in [3.8, 4) is 0 Å². The van der Waals surface area contributed by atoms with Crippen LogP contribution in [0.25, 0.3) is 21.7 Å². The highest BCUT2D eigenvalue weighted by atomic mass is 15.1. The third-order valence-corrected chi connectivity index (χ3v) is 4.66. The number of anilines is 2. The number of pyridine rings is 1. The second-order valence-electron chi connectivity index (χ2n) is 6.35. The fraction of sp³-hybridized carbons (Fsp3) is 0.389. The molecule has 0 radical (unpaired) electrons. The zero-order valence-electron chi connectivity index (χ0n) is 13.7. The molecule has 1 aliphatic heterocycles. The van der Waals surface area contributed by atoms with Gasteiger partial charge in [0.1, 0.15) is 0 Å². The number of hydrogen-bond acceptors (Lipinski definition) is 6. The van der Waals surface area contributed by atoms with Gasteiger partial charge in [0, 0.05) is 41.3 Å². The molecule has 6 heteroatoms. The summed E-state index contributed by atoms with van der Waals surface area (Å²) in [5.74, 6) is 0.643. The Bertz CT molecular complexity index is 857. The number of nitrogens with two attached hydrogens (primary N) is 1. The van der Waals surface area contributed by atoms with E-state index < -0.39 is 0 Å². The highest BCUT2D eigenvalue weighted by Gasteiger charge is 2.11. The molecule has 1 aromatic carbocycles. The van der Waals surface area contributed by atoms with Gasteiger partial charge in [0.2, 0.25) is 5.95 Å². The van der Waals surface area contributed by atoms with Crippen LogP contribution < -0.4 is 11.1 Å². The first kappa shape index (κ1) is 15.1. The van der Waals surface area contributed by atoms with Crippen LogP contribution in [0.15, 0.2) is 30.7 Å². The first-order valence-corrected chi connectivity index (χ1v) is 8.56. The standard InChI is InChI=1S/C18H22N6/c19-16-15-4-6-20-11-13(15)10-14-12-22-18(23-17(14)16)21-5-3-9-24-7-1-2-8-24/h4,6,10-12H,1-3,5,7-9,19H2,(H,21,22,23). The normalized spacial score (nSPS) is 15.3. The Morgan fingerprint density at radius 1 is 1.17 bits per heavy atom. The molecule has 3 aromatic rings. The molecule has 0 unspecified atom stereocenters. The second kappa shape index (κ2) is 6.57. The summed E-state index contributed by atoms with van der Waals surface area (Å²) in [6.45, 7) is 4.50. The van der Waals surface area contributed by atoms with E-state index in [0.717, 1.165) is 41.2 Å². The summed E-state index contributed by atoms with van der Waals surface area (Å²) in [6, 6.07) is 3.96. The summed E-state index contributed by atoms with van der Waals surface area (Å²) in [5.41, 5.74) is 7.79. The van der Waals surface area contributed by atoms with Crippen molar-refractivity contribution in [2.24, 2.45) is 0 Å². The Kier molecular flexibility index (Phi) is 4.13. The first-order valence-electron chi connectivity index (χ1n) is 8.56. The smallest absolute Gasteiger partial charge is 0.223 e. The topological polar surface area (TPSA) is 80.0 Å². The molecular formula is C18H22N6. The summed E-state index contributed by atoms with van der Waals surface area (Å²) in [5, 5.41) is 6.25. The van der Waals surface area contributed by atoms with Crippen molar-refractivity contribution in [1.82, 2.24) is 19.9 Å². The second-order valence-corrected chi connectivity index (χ2v) is 6.35. The number of nitrogen functional groups attached to an aromatic ring is 1. The number of aromatic nitrogens is 3. The molecule has 124 valence electrons. The molecule has 2 aromatic heterocycles. The van der Waals surface area contributed by atoms with Crippen LogP contribution in [-0.4, -0.2) is 46.0 Å². The van der Waals surface area contributed by atoms with E-state index in [-0.39, 0.29) is 0 Å². The summed E-state index contributed by atoms with van der Waals surface area (Å²) < 4.78 is 0. The van der Waals surface area contributed by atoms with Crippen LogP contribution in [-0.2, 0) is 0 Å². The van der Waals surface area contributed by atoms with Crippen molar-refractivity contribution >= 4 is 33.3 Å². The van der Waals surface area contributed by atoms with Gasteiger partial charge in [0.25, 0.3) is 0 Å². The number of fused-ring (bicyclic) bond motifs is 2. The average Bonchev–Trinajstić information content (AvgIpc) is 3.13. The van der Waals surface area contributed by atoms with E-state index in [1.807, 2.05) is 24.5 Å². The maximum absolute atomic E-state index is 6.31. The number of rotatable bonds is 5. The van der Waals surface area contributed by atoms with Gasteiger partial charge >= 0.3 is 0 Å². The molecule has 0 spiro atoms. The predicted molar refractivity (Wildman–Crippen MR) is 98.0 cm³/mol. The van der Waals surface area contributed by atoms with Crippen molar-refractivity contribution in [1.29, 1.82) is 0 Å². The molecule has 6 nitrogen and oxygen atoms in total. The lowest BCUT2D eigenvalue weighted by Gasteiger charge is -2.14. The summed E-state index contributed by atoms with van der Waals surface area (Å²) >= 11 is 0. The van der Waals surface area contributed by atoms with Crippen molar-refractivity contribution in [2.45, 2.75) is 19.3 Å². The van der Waals surface area contributed by atoms with Gasteiger partial charge in [-0.1, -0.05) is 0 Å². The zero-order chi connectivity index (χ0) is 16.4. The Hall–Kier alpha value is -2.47. The Labute approximate surface area is 141 Å². The van der Waals surface area contributed by atoms with Crippen molar-refractivity contribution in [2.75, 3.05) is 37.2 Å². The lowest BCUT2D eigenvalue weighted by molar-refractivity contribution is 0.337. The maximum Gasteiger partial charge on any atom is 0.223 e. The van der Waals surface area contributed by atoms with Crippen LogP contribution in [0.5, 0.6) is 0 Å². The van der Waals surface area contributed by atoms with E-state index >= 15 is 0 Å². The van der Waals surface area contributed by atoms with Gasteiger partial charge in [-0.3, -0.25) is 4.98 Å². The van der Waals surface area contributed by atoms with Crippen LogP contribution in [0.3, 0.4) is 0 Å². The van der Waals surface area contributed by atoms with Gasteiger partial charge in [0.05, 0.1) is 11.2 Å². The lowest BCUT2D eigenvalue weighted by atomic mass is 10.1. The SMILES string of the molecule is Nc1c2ccncc2cc2cnc(NCCCN3CCCC3)nc12. The van der Waals surface area contributed by atoms with Crippen molar-refractivity contribution in [3.63, 3.8) is 0 Å². The summed E-state index contributed by atoms with van der Waals surface area (Å²) in [6.07, 6.45) is 9.17. The van der Waals surface area contributed by atoms with Crippen LogP contribution in [0.2, 0.25) is 0 Å². The molecule has 0 aliphatic carbocycles. The highest BCUT2D eigenvalue weighted by molar-refractivity contribution is 6.08. The lowest BCUT2D eigenvalue weighted by Crippen LogP contribution is -2.22. The van der Waals surface area contributed by atoms with E-state index in [2.05, 4.69) is 25.2 Å². The minimum Gasteiger partial charge on any atom is -0.396 e. The molecule has 1 saturated heterocycles. The Balaban J connectivity index is 1.50. The van der Waals surface area contributed by atoms with E-state index in [0.29, 0.717) is 11.6 Å². The van der Waals surface area contributed by atoms with E-state index in [1.165, 1.54) is 25.9 Å². The molecule has 0 amide bonds. The van der Waals surface area contributed by atoms with Gasteiger partial charge in [-0.15, -0.1) is 0 Å². The molecule has 0 atom stereocenters. The van der Waals surface area contributed by atoms with E-state index in [4.69, 9.17) is 5.73 Å². The van der Waals surface area contributed by atoms with Crippen LogP contribution in [0.1, 0.15) is 19.3 Å². The molecule has 0 saturated carbocycles. The molecule has 0 bridgehead atoms. The van der Waals surface area contributed by atoms with Gasteiger partial charge in [-0.05, 0) is 51.0 Å². The monoisotopic (exact) mass is 322 g/mol. The fourth-order valence-corrected chi connectivity index (χ4v) is 3.37. The maximum atomic E-state index is 6.31. The van der Waals surface area contributed by atoms with Gasteiger partial charge in [0.15, 0.2) is 0 Å². The molecule has 1 aliphatic rings. The minimum atomic E-state index is 0.643. The van der Waals surface area contributed by atoms with Crippen molar-refractivity contribution in [3.05, 3.63) is 30.7 Å². The first-order chi connectivity index (χ1) is 11.8. The fourth-order valence-electron chi connectivity index (χ4n) is 3.37. The highest BCUT2D eigenvalue weighted by Crippen LogP contribution is 2.28. The molecule has 1 fully saturated rings. The summed E-state index contributed by atoms with van der Waals surface area (Å²) in [4.78, 5) is 15.7. The number of hydrogen-bond donors (Lipinski definition) is 2. The van der Waals surface area contributed by atoms with Gasteiger partial charge in [-0.25, -0.2) is 9.97 Å². The number of nitrogens with zero attached hydrogens (tertiary/aromatic N) is 4. The number of benzene rings is 1. The predicted octanol–water partition coefficient (Wildman–Crippen LogP) is 2.66. The van der Waals surface area contributed by atoms with Crippen LogP contribution >= 0.6 is 0 Å². The third kappa shape index (κ3) is 2.97. The van der Waals surface area contributed by atoms with E-state index in [1.54, 1.807) is 6.20 Å². The molecule has 3 N–H and O–H groups in total. The van der Waals surface area contributed by atoms with Crippen LogP contribution in [0, 0.1) is 0 Å². The third-order valence-electron chi connectivity index (χ3n) is 4.66. The van der Waals surface area contributed by atoms with Crippen molar-refractivity contribution < 1.29 is 0 Å². The zero-order valence-corrected chi connectivity index (χ0v) is 13.7. The molecule has 24 heavy (non-hydrogen) atoms. The number of nitrogens with one attached hydrogen (secondary N) is 1. The quantitative estimate of drug-likeness (QED) is 0.427. The molecule has 3 heterocycles. The van der Waals surface area contributed by atoms with Gasteiger partial charge < -0.3 is 16.0 Å². The Morgan fingerprint density at radius 3 is 2.92 bits per heavy atom. The number of likely N-dealkylation sites (tertiary alicyclic amines) is 1. The van der Waals surface area contributed by atoms with Crippen LogP contribution in [0.4, 0.5) is 11.6 Å². The minimum absolute atomic E-state index is 0.643. The molecule has 4 rings (SSSR count). The Morgan fingerprint density at radius 2 is 2.04 bits per heavy atom. The largest absolute Gasteiger partial charge is 0.396 e. The molecular weight excluding hydrogens is 300 g/mol. The van der Waals surface area contributed by atoms with E-state index in [9.17, 15) is 0 Å². The summed E-state index contributed by atoms with van der Waals surface area (Å²) in [7, 11) is 0. The van der Waals surface area contributed by atoms with Gasteiger partial charge in [-0.2, -0.15) is 0 Å².